The molecule has 1 N–H and O–H groups in total. The number of hydrogen-bond acceptors (Lipinski definition) is 3. The fourth-order valence-corrected chi connectivity index (χ4v) is 3.31. The Kier molecular flexibility index (Phi) is 5.67. The lowest BCUT2D eigenvalue weighted by Gasteiger charge is -2.23. The van der Waals surface area contributed by atoms with Crippen LogP contribution in [0.25, 0.3) is 0 Å². The van der Waals surface area contributed by atoms with E-state index in [1.54, 1.807) is 11.8 Å². The van der Waals surface area contributed by atoms with E-state index in [0.29, 0.717) is 5.75 Å². The van der Waals surface area contributed by atoms with Crippen molar-refractivity contribution in [3.8, 4) is 0 Å². The highest BCUT2D eigenvalue weighted by atomic mass is 32.2. The summed E-state index contributed by atoms with van der Waals surface area (Å²) in [6, 6.07) is 7.76. The number of likely N-dealkylation sites (tertiary alicyclic amines) is 1. The van der Waals surface area contributed by atoms with E-state index in [2.05, 4.69) is 17.4 Å². The topological polar surface area (TPSA) is 49.4 Å². The molecule has 1 saturated heterocycles. The van der Waals surface area contributed by atoms with Crippen LogP contribution >= 0.6 is 11.8 Å². The van der Waals surface area contributed by atoms with Gasteiger partial charge >= 0.3 is 0 Å². The van der Waals surface area contributed by atoms with Crippen LogP contribution in [0.2, 0.25) is 0 Å². The molecule has 0 aromatic heterocycles. The lowest BCUT2D eigenvalue weighted by Crippen LogP contribution is -2.48. The second kappa shape index (κ2) is 7.50. The summed E-state index contributed by atoms with van der Waals surface area (Å²) in [5.41, 5.74) is 1.21. The normalized spacial score (nSPS) is 15.8. The monoisotopic (exact) mass is 306 g/mol. The van der Waals surface area contributed by atoms with Gasteiger partial charge in [-0.15, -0.1) is 11.8 Å². The Morgan fingerprint density at radius 3 is 2.43 bits per heavy atom. The van der Waals surface area contributed by atoms with Gasteiger partial charge in [-0.25, -0.2) is 0 Å². The first-order valence-corrected chi connectivity index (χ1v) is 8.30. The Balaban J connectivity index is 1.96. The first-order chi connectivity index (χ1) is 10.1. The summed E-state index contributed by atoms with van der Waals surface area (Å²) in [6.45, 7) is 5.13. The molecule has 1 heterocycles. The van der Waals surface area contributed by atoms with Crippen LogP contribution in [0.3, 0.4) is 0 Å². The molecular formula is C16H22N2O2S. The van der Waals surface area contributed by atoms with Crippen molar-refractivity contribution in [3.05, 3.63) is 29.8 Å². The molecule has 1 aromatic carbocycles. The molecule has 0 spiro atoms. The Morgan fingerprint density at radius 2 is 1.86 bits per heavy atom. The summed E-state index contributed by atoms with van der Waals surface area (Å²) in [6.07, 6.45) is 2.12. The summed E-state index contributed by atoms with van der Waals surface area (Å²) in [4.78, 5) is 26.8. The van der Waals surface area contributed by atoms with Gasteiger partial charge in [0.05, 0.1) is 0 Å². The zero-order valence-electron chi connectivity index (χ0n) is 12.6. The van der Waals surface area contributed by atoms with Gasteiger partial charge in [-0.2, -0.15) is 0 Å². The van der Waals surface area contributed by atoms with E-state index < -0.39 is 6.04 Å². The summed E-state index contributed by atoms with van der Waals surface area (Å²) in [7, 11) is 0. The Morgan fingerprint density at radius 1 is 1.24 bits per heavy atom. The molecule has 0 radical (unpaired) electrons. The highest BCUT2D eigenvalue weighted by Crippen LogP contribution is 2.20. The number of thioether (sulfide) groups is 1. The SMILES string of the molecule is CC(=O)NC(CSc1ccc(C)cc1)C(=O)N1CCCC1. The van der Waals surface area contributed by atoms with Gasteiger partial charge < -0.3 is 10.2 Å². The number of rotatable bonds is 5. The van der Waals surface area contributed by atoms with Gasteiger partial charge in [0.1, 0.15) is 6.04 Å². The number of nitrogens with one attached hydrogen (secondary N) is 1. The third-order valence-electron chi connectivity index (χ3n) is 3.53. The van der Waals surface area contributed by atoms with Gasteiger partial charge in [0, 0.05) is 30.7 Å². The molecule has 1 aliphatic rings. The molecule has 1 aliphatic heterocycles. The maximum absolute atomic E-state index is 12.5. The van der Waals surface area contributed by atoms with Crippen molar-refractivity contribution in [2.24, 2.45) is 0 Å². The third kappa shape index (κ3) is 4.77. The molecule has 0 saturated carbocycles. The van der Waals surface area contributed by atoms with Gasteiger partial charge in [-0.3, -0.25) is 9.59 Å². The van der Waals surface area contributed by atoms with Crippen LogP contribution in [0.1, 0.15) is 25.3 Å². The molecule has 0 aliphatic carbocycles. The van der Waals surface area contributed by atoms with E-state index in [9.17, 15) is 9.59 Å². The summed E-state index contributed by atoms with van der Waals surface area (Å²) in [5, 5.41) is 2.79. The number of hydrogen-bond donors (Lipinski definition) is 1. The van der Waals surface area contributed by atoms with E-state index in [4.69, 9.17) is 0 Å². The minimum atomic E-state index is -0.438. The second-order valence-electron chi connectivity index (χ2n) is 5.41. The predicted molar refractivity (Wildman–Crippen MR) is 85.3 cm³/mol. The van der Waals surface area contributed by atoms with E-state index in [1.165, 1.54) is 12.5 Å². The summed E-state index contributed by atoms with van der Waals surface area (Å²) < 4.78 is 0. The number of amides is 2. The number of carbonyl (C=O) groups is 2. The number of aryl methyl sites for hydroxylation is 1. The average Bonchev–Trinajstić information content (AvgIpc) is 2.98. The summed E-state index contributed by atoms with van der Waals surface area (Å²) >= 11 is 1.60. The second-order valence-corrected chi connectivity index (χ2v) is 6.50. The van der Waals surface area contributed by atoms with Gasteiger partial charge in [-0.05, 0) is 31.9 Å². The quantitative estimate of drug-likeness (QED) is 0.849. The molecule has 1 unspecified atom stereocenters. The molecule has 1 aromatic rings. The smallest absolute Gasteiger partial charge is 0.246 e. The Labute approximate surface area is 130 Å². The van der Waals surface area contributed by atoms with Gasteiger partial charge in [0.25, 0.3) is 0 Å². The van der Waals surface area contributed by atoms with E-state index >= 15 is 0 Å². The fraction of sp³-hybridized carbons (Fsp3) is 0.500. The maximum atomic E-state index is 12.5. The van der Waals surface area contributed by atoms with Crippen LogP contribution in [0.4, 0.5) is 0 Å². The van der Waals surface area contributed by atoms with Crippen LogP contribution in [0.15, 0.2) is 29.2 Å². The lowest BCUT2D eigenvalue weighted by atomic mass is 10.2. The molecule has 21 heavy (non-hydrogen) atoms. The molecule has 4 nitrogen and oxygen atoms in total. The first kappa shape index (κ1) is 15.9. The molecule has 1 atom stereocenters. The van der Waals surface area contributed by atoms with Crippen molar-refractivity contribution >= 4 is 23.6 Å². The molecule has 114 valence electrons. The number of carbonyl (C=O) groups excluding carboxylic acids is 2. The van der Waals surface area contributed by atoms with E-state index in [1.807, 2.05) is 24.0 Å². The van der Waals surface area contributed by atoms with E-state index in [-0.39, 0.29) is 11.8 Å². The lowest BCUT2D eigenvalue weighted by molar-refractivity contribution is -0.134. The van der Waals surface area contributed by atoms with Crippen LogP contribution in [-0.2, 0) is 9.59 Å². The van der Waals surface area contributed by atoms with Crippen LogP contribution in [0, 0.1) is 6.92 Å². The van der Waals surface area contributed by atoms with Crippen molar-refractivity contribution in [1.82, 2.24) is 10.2 Å². The van der Waals surface area contributed by atoms with Crippen molar-refractivity contribution in [1.29, 1.82) is 0 Å². The highest BCUT2D eigenvalue weighted by molar-refractivity contribution is 7.99. The van der Waals surface area contributed by atoms with Crippen molar-refractivity contribution in [3.63, 3.8) is 0 Å². The largest absolute Gasteiger partial charge is 0.344 e. The van der Waals surface area contributed by atoms with Gasteiger partial charge in [-0.1, -0.05) is 17.7 Å². The molecular weight excluding hydrogens is 284 g/mol. The first-order valence-electron chi connectivity index (χ1n) is 7.31. The van der Waals surface area contributed by atoms with Crippen LogP contribution < -0.4 is 5.32 Å². The van der Waals surface area contributed by atoms with Gasteiger partial charge in [0.2, 0.25) is 11.8 Å². The summed E-state index contributed by atoms with van der Waals surface area (Å²) in [5.74, 6) is 0.456. The molecule has 1 fully saturated rings. The van der Waals surface area contributed by atoms with Gasteiger partial charge in [0.15, 0.2) is 0 Å². The molecule has 2 amide bonds. The highest BCUT2D eigenvalue weighted by Gasteiger charge is 2.27. The molecule has 5 heteroatoms. The number of nitrogens with zero attached hydrogens (tertiary/aromatic N) is 1. The Hall–Kier alpha value is -1.49. The van der Waals surface area contributed by atoms with E-state index in [0.717, 1.165) is 30.8 Å². The fourth-order valence-electron chi connectivity index (χ4n) is 2.39. The Bertz CT molecular complexity index is 496. The minimum absolute atomic E-state index is 0.0438. The van der Waals surface area contributed by atoms with Crippen LogP contribution in [-0.4, -0.2) is 41.6 Å². The van der Waals surface area contributed by atoms with Crippen molar-refractivity contribution in [2.75, 3.05) is 18.8 Å². The zero-order chi connectivity index (χ0) is 15.2. The van der Waals surface area contributed by atoms with Crippen molar-refractivity contribution < 1.29 is 9.59 Å². The maximum Gasteiger partial charge on any atom is 0.246 e. The predicted octanol–water partition coefficient (Wildman–Crippen LogP) is 2.21. The number of benzene rings is 1. The van der Waals surface area contributed by atoms with Crippen molar-refractivity contribution in [2.45, 2.75) is 37.6 Å². The van der Waals surface area contributed by atoms with Crippen LogP contribution in [0.5, 0.6) is 0 Å². The average molecular weight is 306 g/mol. The molecule has 2 rings (SSSR count). The molecule has 0 bridgehead atoms. The third-order valence-corrected chi connectivity index (χ3v) is 4.64. The minimum Gasteiger partial charge on any atom is -0.344 e. The standard InChI is InChI=1S/C16H22N2O2S/c1-12-5-7-14(8-6-12)21-11-15(17-13(2)19)16(20)18-9-3-4-10-18/h5-8,15H,3-4,9-11H2,1-2H3,(H,17,19). The zero-order valence-corrected chi connectivity index (χ0v) is 13.4.